The van der Waals surface area contributed by atoms with Crippen LogP contribution in [0.4, 0.5) is 4.79 Å². The molecule has 1 saturated carbocycles. The summed E-state index contributed by atoms with van der Waals surface area (Å²) in [4.78, 5) is 48.9. The van der Waals surface area contributed by atoms with E-state index in [0.29, 0.717) is 18.4 Å². The van der Waals surface area contributed by atoms with Crippen LogP contribution in [0.15, 0.2) is 47.8 Å². The molecule has 4 fully saturated rings. The molecule has 1 unspecified atom stereocenters. The van der Waals surface area contributed by atoms with Crippen molar-refractivity contribution >= 4 is 29.2 Å². The molecular formula is C37H54N6O5S. The average Bonchev–Trinajstić information content (AvgIpc) is 3.80. The van der Waals surface area contributed by atoms with E-state index in [4.69, 9.17) is 4.74 Å². The third kappa shape index (κ3) is 9.82. The quantitative estimate of drug-likeness (QED) is 0.271. The molecule has 2 aromatic rings. The lowest BCUT2D eigenvalue weighted by Gasteiger charge is -2.42. The van der Waals surface area contributed by atoms with Gasteiger partial charge in [-0.05, 0) is 80.5 Å². The van der Waals surface area contributed by atoms with Crippen LogP contribution in [0.1, 0.15) is 61.8 Å². The second-order valence-corrected chi connectivity index (χ2v) is 15.5. The highest BCUT2D eigenvalue weighted by Crippen LogP contribution is 2.44. The van der Waals surface area contributed by atoms with Gasteiger partial charge in [0.2, 0.25) is 11.8 Å². The number of ether oxygens (including phenoxy) is 1. The standard InChI is InChI=1S/C37H54N6O5S/c44-34(38-25-31-9-6-24-49-31)33-27-42(36(46)47)18-19-43(33)35(45)32(10-4-5-16-40-20-22-48-23-21-40)39-30-11-13-37(14-12-30)15-17-41(28-37)26-29-7-2-1-3-8-29/h1-3,6-9,24,30,32-33,39H,4-5,10-23,25-28H2,(H,38,44)(H,46,47)/t30?,32?,33-,37?/m0/s1. The maximum Gasteiger partial charge on any atom is 0.407 e. The van der Waals surface area contributed by atoms with Crippen molar-refractivity contribution in [3.05, 3.63) is 58.3 Å². The molecular weight excluding hydrogens is 641 g/mol. The number of thiophene rings is 1. The smallest absolute Gasteiger partial charge is 0.407 e. The van der Waals surface area contributed by atoms with Crippen LogP contribution in [0.5, 0.6) is 0 Å². The summed E-state index contributed by atoms with van der Waals surface area (Å²) in [7, 11) is 0. The molecule has 0 radical (unpaired) electrons. The molecule has 6 rings (SSSR count). The molecule has 268 valence electrons. The van der Waals surface area contributed by atoms with Crippen LogP contribution in [0.25, 0.3) is 0 Å². The monoisotopic (exact) mass is 694 g/mol. The normalized spacial score (nSPS) is 25.8. The maximum absolute atomic E-state index is 14.4. The van der Waals surface area contributed by atoms with Crippen LogP contribution in [-0.2, 0) is 27.4 Å². The fourth-order valence-electron chi connectivity index (χ4n) is 8.23. The average molecular weight is 695 g/mol. The Labute approximate surface area is 294 Å². The Morgan fingerprint density at radius 3 is 2.47 bits per heavy atom. The zero-order valence-electron chi connectivity index (χ0n) is 28.8. The summed E-state index contributed by atoms with van der Waals surface area (Å²) >= 11 is 1.55. The van der Waals surface area contributed by atoms with Gasteiger partial charge in [0.15, 0.2) is 0 Å². The van der Waals surface area contributed by atoms with Gasteiger partial charge < -0.3 is 30.3 Å². The van der Waals surface area contributed by atoms with E-state index in [1.54, 1.807) is 16.2 Å². The molecule has 0 bridgehead atoms. The Bertz CT molecular complexity index is 1350. The highest BCUT2D eigenvalue weighted by Gasteiger charge is 2.43. The van der Waals surface area contributed by atoms with Gasteiger partial charge in [0, 0.05) is 50.2 Å². The summed E-state index contributed by atoms with van der Waals surface area (Å²) in [5.74, 6) is -0.387. The van der Waals surface area contributed by atoms with Crippen molar-refractivity contribution in [1.82, 2.24) is 30.2 Å². The number of morpholine rings is 1. The lowest BCUT2D eigenvalue weighted by Crippen LogP contribution is -2.64. The van der Waals surface area contributed by atoms with Gasteiger partial charge >= 0.3 is 6.09 Å². The van der Waals surface area contributed by atoms with E-state index >= 15 is 0 Å². The van der Waals surface area contributed by atoms with Crippen molar-refractivity contribution in [2.45, 2.75) is 82.6 Å². The molecule has 1 aromatic heterocycles. The van der Waals surface area contributed by atoms with Crippen molar-refractivity contribution in [3.63, 3.8) is 0 Å². The molecule has 4 aliphatic rings. The SMILES string of the molecule is O=C(NCc1cccs1)[C@@H]1CN(C(=O)O)CCN1C(=O)C(CCCCN1CCOCC1)NC1CCC2(CC1)CCN(Cc1ccccc1)C2. The van der Waals surface area contributed by atoms with Crippen molar-refractivity contribution in [1.29, 1.82) is 0 Å². The summed E-state index contributed by atoms with van der Waals surface area (Å²) in [6.45, 7) is 8.44. The zero-order chi connectivity index (χ0) is 34.1. The van der Waals surface area contributed by atoms with Crippen molar-refractivity contribution in [3.8, 4) is 0 Å². The van der Waals surface area contributed by atoms with Gasteiger partial charge in [0.25, 0.3) is 0 Å². The number of hydrogen-bond acceptors (Lipinski definition) is 8. The van der Waals surface area contributed by atoms with E-state index in [-0.39, 0.29) is 37.5 Å². The summed E-state index contributed by atoms with van der Waals surface area (Å²) in [6, 6.07) is 13.6. The number of benzene rings is 1. The summed E-state index contributed by atoms with van der Waals surface area (Å²) in [6.07, 6.45) is 7.13. The van der Waals surface area contributed by atoms with Gasteiger partial charge in [0.05, 0.1) is 32.3 Å². The Hall–Kier alpha value is -3.03. The Balaban J connectivity index is 1.09. The first-order chi connectivity index (χ1) is 23.9. The van der Waals surface area contributed by atoms with E-state index in [9.17, 15) is 19.5 Å². The van der Waals surface area contributed by atoms with Gasteiger partial charge in [-0.25, -0.2) is 4.79 Å². The fraction of sp³-hybridized carbons (Fsp3) is 0.649. The number of rotatable bonds is 13. The number of nitrogens with one attached hydrogen (secondary N) is 2. The molecule has 49 heavy (non-hydrogen) atoms. The van der Waals surface area contributed by atoms with E-state index in [1.807, 2.05) is 17.5 Å². The topological polar surface area (TPSA) is 118 Å². The predicted octanol–water partition coefficient (Wildman–Crippen LogP) is 3.85. The summed E-state index contributed by atoms with van der Waals surface area (Å²) in [5, 5.41) is 18.5. The van der Waals surface area contributed by atoms with Gasteiger partial charge in [-0.2, -0.15) is 0 Å². The first-order valence-corrected chi connectivity index (χ1v) is 19.2. The molecule has 11 nitrogen and oxygen atoms in total. The molecule has 12 heteroatoms. The fourth-order valence-corrected chi connectivity index (χ4v) is 8.88. The second kappa shape index (κ2) is 17.3. The largest absolute Gasteiger partial charge is 0.465 e. The molecule has 3 amide bonds. The van der Waals surface area contributed by atoms with Crippen LogP contribution in [0.3, 0.4) is 0 Å². The minimum absolute atomic E-state index is 0.0213. The lowest BCUT2D eigenvalue weighted by atomic mass is 9.72. The Morgan fingerprint density at radius 1 is 0.939 bits per heavy atom. The molecule has 4 heterocycles. The Kier molecular flexibility index (Phi) is 12.6. The molecule has 1 aliphatic carbocycles. The summed E-state index contributed by atoms with van der Waals surface area (Å²) in [5.41, 5.74) is 1.72. The van der Waals surface area contributed by atoms with E-state index in [2.05, 4.69) is 50.8 Å². The number of unbranched alkanes of at least 4 members (excludes halogenated alkanes) is 1. The summed E-state index contributed by atoms with van der Waals surface area (Å²) < 4.78 is 5.51. The highest BCUT2D eigenvalue weighted by molar-refractivity contribution is 7.09. The number of carbonyl (C=O) groups excluding carboxylic acids is 2. The van der Waals surface area contributed by atoms with Crippen LogP contribution < -0.4 is 10.6 Å². The molecule has 3 saturated heterocycles. The second-order valence-electron chi connectivity index (χ2n) is 14.5. The van der Waals surface area contributed by atoms with Crippen molar-refractivity contribution in [2.24, 2.45) is 5.41 Å². The molecule has 1 aromatic carbocycles. The number of carbonyl (C=O) groups is 3. The molecule has 3 aliphatic heterocycles. The minimum atomic E-state index is -1.06. The van der Waals surface area contributed by atoms with Crippen molar-refractivity contribution < 1.29 is 24.2 Å². The zero-order valence-corrected chi connectivity index (χ0v) is 29.6. The number of amides is 3. The molecule has 1 spiro atoms. The first kappa shape index (κ1) is 35.8. The number of likely N-dealkylation sites (tertiary alicyclic amines) is 1. The lowest BCUT2D eigenvalue weighted by molar-refractivity contribution is -0.145. The third-order valence-corrected chi connectivity index (χ3v) is 12.0. The van der Waals surface area contributed by atoms with Crippen LogP contribution in [-0.4, -0.2) is 126 Å². The number of piperazine rings is 1. The van der Waals surface area contributed by atoms with E-state index in [1.165, 1.54) is 16.9 Å². The number of hydrogen-bond donors (Lipinski definition) is 3. The molecule has 3 N–H and O–H groups in total. The van der Waals surface area contributed by atoms with Crippen LogP contribution >= 0.6 is 11.3 Å². The van der Waals surface area contributed by atoms with Gasteiger partial charge in [0.1, 0.15) is 6.04 Å². The third-order valence-electron chi connectivity index (χ3n) is 11.1. The maximum atomic E-state index is 14.4. The van der Waals surface area contributed by atoms with E-state index in [0.717, 1.165) is 95.9 Å². The highest BCUT2D eigenvalue weighted by atomic mass is 32.1. The number of carboxylic acid groups (broad SMARTS) is 1. The predicted molar refractivity (Wildman–Crippen MR) is 190 cm³/mol. The van der Waals surface area contributed by atoms with Crippen LogP contribution in [0.2, 0.25) is 0 Å². The van der Waals surface area contributed by atoms with Gasteiger partial charge in [-0.15, -0.1) is 11.3 Å². The minimum Gasteiger partial charge on any atom is -0.465 e. The van der Waals surface area contributed by atoms with Gasteiger partial charge in [-0.1, -0.05) is 42.8 Å². The first-order valence-electron chi connectivity index (χ1n) is 18.3. The molecule has 2 atom stereocenters. The van der Waals surface area contributed by atoms with E-state index < -0.39 is 18.2 Å². The van der Waals surface area contributed by atoms with Crippen LogP contribution in [0, 0.1) is 5.41 Å². The Morgan fingerprint density at radius 2 is 1.73 bits per heavy atom. The van der Waals surface area contributed by atoms with Gasteiger partial charge in [-0.3, -0.25) is 19.4 Å². The number of nitrogens with zero attached hydrogens (tertiary/aromatic N) is 4. The van der Waals surface area contributed by atoms with Crippen molar-refractivity contribution in [2.75, 3.05) is 65.6 Å².